The summed E-state index contributed by atoms with van der Waals surface area (Å²) in [7, 11) is -3.63. The number of rotatable bonds is 9. The van der Waals surface area contributed by atoms with Crippen LogP contribution in [0, 0.1) is 11.8 Å². The Bertz CT molecular complexity index is 1140. The largest absolute Gasteiger partial charge is 0.338 e. The number of hydrogen-bond acceptors (Lipinski definition) is 5. The molecule has 33 heavy (non-hydrogen) atoms. The molecule has 174 valence electrons. The number of sulfonamides is 1. The molecular formula is C26H31N3O3S. The van der Waals surface area contributed by atoms with E-state index < -0.39 is 16.1 Å². The molecule has 1 aliphatic carbocycles. The number of nitrogens with zero attached hydrogens (tertiary/aromatic N) is 3. The van der Waals surface area contributed by atoms with Gasteiger partial charge in [-0.1, -0.05) is 73.0 Å². The van der Waals surface area contributed by atoms with E-state index in [1.165, 1.54) is 24.8 Å². The van der Waals surface area contributed by atoms with Crippen LogP contribution in [0.1, 0.15) is 61.8 Å². The average Bonchev–Trinajstić information content (AvgIpc) is 3.45. The first-order valence-corrected chi connectivity index (χ1v) is 13.5. The maximum atomic E-state index is 13.5. The molecule has 3 aromatic rings. The standard InChI is InChI=1S/C26H31N3O3S/c30-33(31,23-14-5-2-6-15-23)29-19-22(17-21-12-7-13-21)18-24(29)26-27-25(28-32-26)16-8-11-20-9-3-1-4-10-20/h1-6,9-10,14-15,21-22,24H,7-8,11-13,16-19H2/t22-,24?/m0/s1. The van der Waals surface area contributed by atoms with Gasteiger partial charge in [0.1, 0.15) is 6.04 Å². The molecule has 2 atom stereocenters. The van der Waals surface area contributed by atoms with Crippen LogP contribution >= 0.6 is 0 Å². The molecule has 5 rings (SSSR count). The molecule has 2 aliphatic rings. The Balaban J connectivity index is 1.31. The first-order chi connectivity index (χ1) is 16.1. The van der Waals surface area contributed by atoms with E-state index in [1.54, 1.807) is 28.6 Å². The normalized spacial score (nSPS) is 21.8. The van der Waals surface area contributed by atoms with E-state index in [1.807, 2.05) is 24.3 Å². The molecule has 1 saturated carbocycles. The van der Waals surface area contributed by atoms with Crippen LogP contribution < -0.4 is 0 Å². The van der Waals surface area contributed by atoms with E-state index >= 15 is 0 Å². The van der Waals surface area contributed by atoms with Gasteiger partial charge in [0, 0.05) is 13.0 Å². The molecule has 7 heteroatoms. The number of aryl methyl sites for hydroxylation is 2. The van der Waals surface area contributed by atoms with Crippen LogP contribution in [0.4, 0.5) is 0 Å². The van der Waals surface area contributed by atoms with Crippen molar-refractivity contribution in [3.05, 3.63) is 77.9 Å². The van der Waals surface area contributed by atoms with Crippen molar-refractivity contribution in [2.75, 3.05) is 6.54 Å². The van der Waals surface area contributed by atoms with Gasteiger partial charge in [-0.3, -0.25) is 0 Å². The van der Waals surface area contributed by atoms with Crippen molar-refractivity contribution in [2.45, 2.75) is 62.3 Å². The Labute approximate surface area is 196 Å². The van der Waals surface area contributed by atoms with Gasteiger partial charge < -0.3 is 4.52 Å². The molecule has 2 fully saturated rings. The van der Waals surface area contributed by atoms with Crippen LogP contribution in [0.15, 0.2) is 70.1 Å². The van der Waals surface area contributed by atoms with Crippen LogP contribution in [0.5, 0.6) is 0 Å². The molecular weight excluding hydrogens is 434 g/mol. The third-order valence-electron chi connectivity index (χ3n) is 7.06. The molecule has 6 nitrogen and oxygen atoms in total. The van der Waals surface area contributed by atoms with E-state index in [0.717, 1.165) is 31.6 Å². The Kier molecular flexibility index (Phi) is 6.60. The molecule has 0 amide bonds. The predicted molar refractivity (Wildman–Crippen MR) is 126 cm³/mol. The van der Waals surface area contributed by atoms with Crippen molar-refractivity contribution >= 4 is 10.0 Å². The molecule has 0 radical (unpaired) electrons. The summed E-state index contributed by atoms with van der Waals surface area (Å²) >= 11 is 0. The van der Waals surface area contributed by atoms with Gasteiger partial charge in [-0.05, 0) is 55.2 Å². The minimum Gasteiger partial charge on any atom is -0.338 e. The van der Waals surface area contributed by atoms with Gasteiger partial charge in [0.05, 0.1) is 4.90 Å². The molecule has 0 bridgehead atoms. The highest BCUT2D eigenvalue weighted by molar-refractivity contribution is 7.89. The van der Waals surface area contributed by atoms with Crippen molar-refractivity contribution in [2.24, 2.45) is 11.8 Å². The van der Waals surface area contributed by atoms with E-state index in [4.69, 9.17) is 4.52 Å². The third kappa shape index (κ3) is 5.04. The fourth-order valence-corrected chi connectivity index (χ4v) is 6.77. The van der Waals surface area contributed by atoms with Gasteiger partial charge in [0.25, 0.3) is 0 Å². The first-order valence-electron chi connectivity index (χ1n) is 12.0. The van der Waals surface area contributed by atoms with E-state index in [0.29, 0.717) is 35.5 Å². The highest BCUT2D eigenvalue weighted by Gasteiger charge is 2.44. The fourth-order valence-electron chi connectivity index (χ4n) is 5.08. The zero-order valence-corrected chi connectivity index (χ0v) is 19.7. The summed E-state index contributed by atoms with van der Waals surface area (Å²) in [5.41, 5.74) is 1.29. The Morgan fingerprint density at radius 3 is 2.36 bits per heavy atom. The molecule has 1 saturated heterocycles. The van der Waals surface area contributed by atoms with Crippen molar-refractivity contribution in [1.29, 1.82) is 0 Å². The highest BCUT2D eigenvalue weighted by atomic mass is 32.2. The molecule has 0 N–H and O–H groups in total. The van der Waals surface area contributed by atoms with Gasteiger partial charge in [-0.15, -0.1) is 0 Å². The molecule has 2 heterocycles. The zero-order chi connectivity index (χ0) is 22.7. The van der Waals surface area contributed by atoms with Crippen molar-refractivity contribution in [3.8, 4) is 0 Å². The van der Waals surface area contributed by atoms with Crippen molar-refractivity contribution in [3.63, 3.8) is 0 Å². The van der Waals surface area contributed by atoms with Crippen LogP contribution in [0.3, 0.4) is 0 Å². The Morgan fingerprint density at radius 2 is 1.67 bits per heavy atom. The second kappa shape index (κ2) is 9.77. The Hall–Kier alpha value is -2.51. The lowest BCUT2D eigenvalue weighted by atomic mass is 9.78. The maximum Gasteiger partial charge on any atom is 0.245 e. The lowest BCUT2D eigenvalue weighted by molar-refractivity contribution is 0.252. The molecule has 0 spiro atoms. The summed E-state index contributed by atoms with van der Waals surface area (Å²) in [5.74, 6) is 2.14. The summed E-state index contributed by atoms with van der Waals surface area (Å²) in [5, 5.41) is 4.19. The van der Waals surface area contributed by atoms with Crippen LogP contribution in [0.25, 0.3) is 0 Å². The summed E-state index contributed by atoms with van der Waals surface area (Å²) in [4.78, 5) is 4.97. The fraction of sp³-hybridized carbons (Fsp3) is 0.462. The summed E-state index contributed by atoms with van der Waals surface area (Å²) in [6.45, 7) is 0.518. The second-order valence-electron chi connectivity index (χ2n) is 9.43. The van der Waals surface area contributed by atoms with Gasteiger partial charge in [0.2, 0.25) is 15.9 Å². The van der Waals surface area contributed by atoms with Crippen molar-refractivity contribution < 1.29 is 12.9 Å². The molecule has 1 aromatic heterocycles. The quantitative estimate of drug-likeness (QED) is 0.435. The number of hydrogen-bond donors (Lipinski definition) is 0. The monoisotopic (exact) mass is 465 g/mol. The summed E-state index contributed by atoms with van der Waals surface area (Å²) in [6.07, 6.45) is 8.22. The lowest BCUT2D eigenvalue weighted by Crippen LogP contribution is -2.31. The third-order valence-corrected chi connectivity index (χ3v) is 8.95. The average molecular weight is 466 g/mol. The van der Waals surface area contributed by atoms with E-state index in [-0.39, 0.29) is 0 Å². The smallest absolute Gasteiger partial charge is 0.245 e. The van der Waals surface area contributed by atoms with Gasteiger partial charge in [-0.25, -0.2) is 8.42 Å². The van der Waals surface area contributed by atoms with Gasteiger partial charge in [-0.2, -0.15) is 9.29 Å². The second-order valence-corrected chi connectivity index (χ2v) is 11.3. The SMILES string of the molecule is O=S(=O)(c1ccccc1)N1C[C@@H](CC2CCC2)CC1c1nc(CCCc2ccccc2)no1. The van der Waals surface area contributed by atoms with Gasteiger partial charge in [0.15, 0.2) is 5.82 Å². The van der Waals surface area contributed by atoms with Gasteiger partial charge >= 0.3 is 0 Å². The Morgan fingerprint density at radius 1 is 0.939 bits per heavy atom. The molecule has 2 aromatic carbocycles. The predicted octanol–water partition coefficient (Wildman–Crippen LogP) is 5.19. The van der Waals surface area contributed by atoms with Crippen LogP contribution in [-0.2, 0) is 22.9 Å². The number of aromatic nitrogens is 2. The van der Waals surface area contributed by atoms with Crippen LogP contribution in [0.2, 0.25) is 0 Å². The maximum absolute atomic E-state index is 13.5. The lowest BCUT2D eigenvalue weighted by Gasteiger charge is -2.27. The van der Waals surface area contributed by atoms with Crippen molar-refractivity contribution in [1.82, 2.24) is 14.4 Å². The molecule has 1 unspecified atom stereocenters. The highest BCUT2D eigenvalue weighted by Crippen LogP contribution is 2.43. The van der Waals surface area contributed by atoms with Crippen LogP contribution in [-0.4, -0.2) is 29.4 Å². The topological polar surface area (TPSA) is 76.3 Å². The first kappa shape index (κ1) is 22.3. The van der Waals surface area contributed by atoms with E-state index in [2.05, 4.69) is 22.3 Å². The number of benzene rings is 2. The van der Waals surface area contributed by atoms with E-state index in [9.17, 15) is 8.42 Å². The summed E-state index contributed by atoms with van der Waals surface area (Å²) in [6, 6.07) is 18.6. The zero-order valence-electron chi connectivity index (χ0n) is 18.8. The molecule has 1 aliphatic heterocycles. The summed E-state index contributed by atoms with van der Waals surface area (Å²) < 4.78 is 34.3. The minimum atomic E-state index is -3.63. The minimum absolute atomic E-state index is 0.321.